The Balaban J connectivity index is 2.22. The van der Waals surface area contributed by atoms with Crippen LogP contribution >= 0.6 is 22.9 Å². The van der Waals surface area contributed by atoms with Crippen molar-refractivity contribution in [3.63, 3.8) is 0 Å². The Labute approximate surface area is 107 Å². The van der Waals surface area contributed by atoms with E-state index in [-0.39, 0.29) is 5.54 Å². The topological polar surface area (TPSA) is 26.0 Å². The predicted octanol–water partition coefficient (Wildman–Crippen LogP) is 4.40. The van der Waals surface area contributed by atoms with E-state index < -0.39 is 0 Å². The van der Waals surface area contributed by atoms with Crippen molar-refractivity contribution in [2.24, 2.45) is 17.6 Å². The first-order valence-electron chi connectivity index (χ1n) is 6.05. The molecule has 1 aliphatic carbocycles. The summed E-state index contributed by atoms with van der Waals surface area (Å²) in [5, 5.41) is 2.91. The standard InChI is InChI=1S/C13H20ClNS/c1-9(2)10-4-3-6-13(15,8-10)12-11(14)5-7-16-12/h5,7,9-10H,3-4,6,8,15H2,1-2H3. The molecule has 1 heterocycles. The lowest BCUT2D eigenvalue weighted by atomic mass is 9.71. The van der Waals surface area contributed by atoms with Crippen LogP contribution in [0.3, 0.4) is 0 Å². The molecule has 1 fully saturated rings. The number of nitrogens with two attached hydrogens (primary N) is 1. The largest absolute Gasteiger partial charge is 0.321 e. The van der Waals surface area contributed by atoms with Gasteiger partial charge in [0.25, 0.3) is 0 Å². The maximum absolute atomic E-state index is 6.58. The van der Waals surface area contributed by atoms with E-state index in [1.165, 1.54) is 17.7 Å². The van der Waals surface area contributed by atoms with E-state index in [0.717, 1.165) is 29.7 Å². The maximum Gasteiger partial charge on any atom is 0.0564 e. The summed E-state index contributed by atoms with van der Waals surface area (Å²) < 4.78 is 0. The minimum Gasteiger partial charge on any atom is -0.321 e. The second-order valence-electron chi connectivity index (χ2n) is 5.35. The van der Waals surface area contributed by atoms with Gasteiger partial charge in [0, 0.05) is 4.88 Å². The lowest BCUT2D eigenvalue weighted by molar-refractivity contribution is 0.187. The summed E-state index contributed by atoms with van der Waals surface area (Å²) in [7, 11) is 0. The van der Waals surface area contributed by atoms with Crippen LogP contribution in [0.15, 0.2) is 11.4 Å². The van der Waals surface area contributed by atoms with Crippen molar-refractivity contribution in [3.05, 3.63) is 21.3 Å². The number of halogens is 1. The average Bonchev–Trinajstić information content (AvgIpc) is 2.65. The highest BCUT2D eigenvalue weighted by Crippen LogP contribution is 2.44. The van der Waals surface area contributed by atoms with Crippen LogP contribution in [-0.2, 0) is 5.54 Å². The Morgan fingerprint density at radius 3 is 2.88 bits per heavy atom. The molecule has 2 unspecified atom stereocenters. The smallest absolute Gasteiger partial charge is 0.0564 e. The van der Waals surface area contributed by atoms with Crippen LogP contribution in [-0.4, -0.2) is 0 Å². The van der Waals surface area contributed by atoms with Gasteiger partial charge in [0.05, 0.1) is 10.6 Å². The van der Waals surface area contributed by atoms with E-state index in [9.17, 15) is 0 Å². The molecule has 2 rings (SSSR count). The molecule has 0 radical (unpaired) electrons. The third-order valence-corrected chi connectivity index (χ3v) is 5.40. The van der Waals surface area contributed by atoms with E-state index in [1.807, 2.05) is 11.4 Å². The van der Waals surface area contributed by atoms with Crippen LogP contribution in [0.25, 0.3) is 0 Å². The third-order valence-electron chi connectivity index (χ3n) is 3.84. The summed E-state index contributed by atoms with van der Waals surface area (Å²) in [5.74, 6) is 1.47. The molecule has 1 aromatic heterocycles. The second kappa shape index (κ2) is 4.67. The van der Waals surface area contributed by atoms with Gasteiger partial charge in [-0.1, -0.05) is 38.3 Å². The van der Waals surface area contributed by atoms with Crippen LogP contribution in [0.1, 0.15) is 44.4 Å². The zero-order valence-corrected chi connectivity index (χ0v) is 11.6. The Morgan fingerprint density at radius 2 is 2.31 bits per heavy atom. The van der Waals surface area contributed by atoms with Crippen LogP contribution < -0.4 is 5.73 Å². The Hall–Kier alpha value is -0.0500. The molecule has 0 bridgehead atoms. The van der Waals surface area contributed by atoms with Gasteiger partial charge in [-0.2, -0.15) is 0 Å². The SMILES string of the molecule is CC(C)C1CCCC(N)(c2sccc2Cl)C1. The van der Waals surface area contributed by atoms with E-state index >= 15 is 0 Å². The van der Waals surface area contributed by atoms with Crippen molar-refractivity contribution in [3.8, 4) is 0 Å². The number of hydrogen-bond donors (Lipinski definition) is 1. The summed E-state index contributed by atoms with van der Waals surface area (Å²) in [6.07, 6.45) is 4.72. The Bertz CT molecular complexity index is 361. The molecule has 1 saturated carbocycles. The highest BCUT2D eigenvalue weighted by molar-refractivity contribution is 7.10. The minimum absolute atomic E-state index is 0.168. The molecule has 1 nitrogen and oxygen atoms in total. The lowest BCUT2D eigenvalue weighted by Gasteiger charge is -2.39. The van der Waals surface area contributed by atoms with Gasteiger partial charge in [-0.15, -0.1) is 11.3 Å². The predicted molar refractivity (Wildman–Crippen MR) is 72.0 cm³/mol. The molecule has 1 aliphatic rings. The van der Waals surface area contributed by atoms with Gasteiger partial charge in [0.15, 0.2) is 0 Å². The number of thiophene rings is 1. The fourth-order valence-electron chi connectivity index (χ4n) is 2.78. The lowest BCUT2D eigenvalue weighted by Crippen LogP contribution is -2.42. The van der Waals surface area contributed by atoms with Gasteiger partial charge in [-0.25, -0.2) is 0 Å². The van der Waals surface area contributed by atoms with E-state index in [1.54, 1.807) is 11.3 Å². The van der Waals surface area contributed by atoms with E-state index in [4.69, 9.17) is 17.3 Å². The summed E-state index contributed by atoms with van der Waals surface area (Å²) in [5.41, 5.74) is 6.41. The van der Waals surface area contributed by atoms with Crippen LogP contribution in [0, 0.1) is 11.8 Å². The van der Waals surface area contributed by atoms with Crippen molar-refractivity contribution in [2.75, 3.05) is 0 Å². The number of hydrogen-bond acceptors (Lipinski definition) is 2. The van der Waals surface area contributed by atoms with Gasteiger partial charge in [-0.3, -0.25) is 0 Å². The van der Waals surface area contributed by atoms with Crippen molar-refractivity contribution < 1.29 is 0 Å². The molecule has 0 spiro atoms. The fourth-order valence-corrected chi connectivity index (χ4v) is 4.18. The summed E-state index contributed by atoms with van der Waals surface area (Å²) in [4.78, 5) is 1.19. The van der Waals surface area contributed by atoms with Crippen molar-refractivity contribution in [1.82, 2.24) is 0 Å². The van der Waals surface area contributed by atoms with Gasteiger partial charge >= 0.3 is 0 Å². The third kappa shape index (κ3) is 2.29. The average molecular weight is 258 g/mol. The molecular formula is C13H20ClNS. The molecule has 90 valence electrons. The monoisotopic (exact) mass is 257 g/mol. The van der Waals surface area contributed by atoms with E-state index in [2.05, 4.69) is 13.8 Å². The molecule has 3 heteroatoms. The maximum atomic E-state index is 6.58. The molecule has 2 N–H and O–H groups in total. The first kappa shape index (κ1) is 12.4. The summed E-state index contributed by atoms with van der Waals surface area (Å²) >= 11 is 7.93. The van der Waals surface area contributed by atoms with Gasteiger partial charge in [-0.05, 0) is 36.1 Å². The quantitative estimate of drug-likeness (QED) is 0.835. The van der Waals surface area contributed by atoms with E-state index in [0.29, 0.717) is 0 Å². The molecule has 2 atom stereocenters. The molecule has 1 aromatic rings. The molecule has 16 heavy (non-hydrogen) atoms. The van der Waals surface area contributed by atoms with Gasteiger partial charge in [0.2, 0.25) is 0 Å². The van der Waals surface area contributed by atoms with Crippen LogP contribution in [0.5, 0.6) is 0 Å². The Morgan fingerprint density at radius 1 is 1.56 bits per heavy atom. The summed E-state index contributed by atoms with van der Waals surface area (Å²) in [6.45, 7) is 4.60. The summed E-state index contributed by atoms with van der Waals surface area (Å²) in [6, 6.07) is 1.97. The highest BCUT2D eigenvalue weighted by atomic mass is 35.5. The van der Waals surface area contributed by atoms with Crippen LogP contribution in [0.2, 0.25) is 5.02 Å². The zero-order valence-electron chi connectivity index (χ0n) is 10.0. The first-order valence-corrected chi connectivity index (χ1v) is 7.31. The van der Waals surface area contributed by atoms with Crippen molar-refractivity contribution >= 4 is 22.9 Å². The van der Waals surface area contributed by atoms with Crippen LogP contribution in [0.4, 0.5) is 0 Å². The molecule has 0 amide bonds. The van der Waals surface area contributed by atoms with Gasteiger partial charge < -0.3 is 5.73 Å². The zero-order chi connectivity index (χ0) is 11.8. The molecule has 0 saturated heterocycles. The normalized spacial score (nSPS) is 30.9. The highest BCUT2D eigenvalue weighted by Gasteiger charge is 2.37. The first-order chi connectivity index (χ1) is 7.53. The minimum atomic E-state index is -0.168. The van der Waals surface area contributed by atoms with Crippen molar-refractivity contribution in [1.29, 1.82) is 0 Å². The fraction of sp³-hybridized carbons (Fsp3) is 0.692. The Kier molecular flexibility index (Phi) is 3.62. The second-order valence-corrected chi connectivity index (χ2v) is 6.68. The van der Waals surface area contributed by atoms with Gasteiger partial charge in [0.1, 0.15) is 0 Å². The number of rotatable bonds is 2. The molecular weight excluding hydrogens is 238 g/mol. The van der Waals surface area contributed by atoms with Crippen molar-refractivity contribution in [2.45, 2.75) is 45.1 Å². The molecule has 0 aliphatic heterocycles. The molecule has 0 aromatic carbocycles.